The number of nitrogens with zero attached hydrogens (tertiary/aromatic N) is 1. The van der Waals surface area contributed by atoms with Crippen molar-refractivity contribution in [2.75, 3.05) is 33.5 Å². The normalized spacial score (nSPS) is 14.9. The molecule has 6 nitrogen and oxygen atoms in total. The number of hydrogen-bond acceptors (Lipinski definition) is 5. The summed E-state index contributed by atoms with van der Waals surface area (Å²) in [4.78, 5) is 24.7. The van der Waals surface area contributed by atoms with Gasteiger partial charge in [-0.1, -0.05) is 187 Å². The van der Waals surface area contributed by atoms with Gasteiger partial charge in [0.1, 0.15) is 19.6 Å². The van der Waals surface area contributed by atoms with E-state index in [0.29, 0.717) is 19.8 Å². The molecule has 2 aliphatic heterocycles. The van der Waals surface area contributed by atoms with E-state index in [4.69, 9.17) is 14.2 Å². The molecule has 0 saturated carbocycles. The van der Waals surface area contributed by atoms with Crippen molar-refractivity contribution in [1.29, 1.82) is 0 Å². The molecule has 0 saturated heterocycles. The van der Waals surface area contributed by atoms with Crippen LogP contribution in [0.3, 0.4) is 0 Å². The van der Waals surface area contributed by atoms with Crippen molar-refractivity contribution in [3.05, 3.63) is 146 Å². The van der Waals surface area contributed by atoms with Gasteiger partial charge in [0.05, 0.1) is 13.2 Å². The molecule has 6 aromatic carbocycles. The SMILES string of the molecule is CCCCCCCC[Si]1(C)c2cc(-c3ccc(-c4ccc(OCCCCCCCCN5C(=O)C=CC5=O)cc4)cc3)ccc2-c2ccc(-c3ccc(-c4ccc(OCCCCOC)cc4)cc3)cc21. The lowest BCUT2D eigenvalue weighted by atomic mass is 9.96. The molecule has 0 aliphatic carbocycles. The fraction of sp³-hybridized carbons (Fsp3) is 0.355. The van der Waals surface area contributed by atoms with Crippen molar-refractivity contribution in [3.63, 3.8) is 0 Å². The van der Waals surface area contributed by atoms with E-state index in [2.05, 4.69) is 147 Å². The van der Waals surface area contributed by atoms with Gasteiger partial charge in [0.25, 0.3) is 11.8 Å². The quantitative estimate of drug-likeness (QED) is 0.0292. The van der Waals surface area contributed by atoms with E-state index in [1.54, 1.807) is 17.5 Å². The fourth-order valence-corrected chi connectivity index (χ4v) is 14.5. The van der Waals surface area contributed by atoms with Gasteiger partial charge >= 0.3 is 0 Å². The third-order valence-electron chi connectivity index (χ3n) is 14.3. The van der Waals surface area contributed by atoms with Crippen molar-refractivity contribution >= 4 is 30.3 Å². The van der Waals surface area contributed by atoms with Crippen LogP contribution in [0.4, 0.5) is 0 Å². The van der Waals surface area contributed by atoms with Crippen molar-refractivity contribution in [1.82, 2.24) is 4.90 Å². The van der Waals surface area contributed by atoms with Crippen LogP contribution in [0.1, 0.15) is 96.8 Å². The van der Waals surface area contributed by atoms with E-state index in [-0.39, 0.29) is 11.8 Å². The Bertz CT molecular complexity index is 2620. The van der Waals surface area contributed by atoms with E-state index < -0.39 is 8.07 Å². The number of carbonyl (C=O) groups excluding carboxylic acids is 2. The van der Waals surface area contributed by atoms with Crippen LogP contribution in [0.25, 0.3) is 55.6 Å². The van der Waals surface area contributed by atoms with Crippen LogP contribution in [0, 0.1) is 0 Å². The number of methoxy groups -OCH3 is 1. The molecule has 2 amide bonds. The second-order valence-electron chi connectivity index (χ2n) is 19.3. The zero-order chi connectivity index (χ0) is 47.8. The van der Waals surface area contributed by atoms with Gasteiger partial charge in [0.15, 0.2) is 0 Å². The lowest BCUT2D eigenvalue weighted by Gasteiger charge is -2.26. The summed E-state index contributed by atoms with van der Waals surface area (Å²) in [6, 6.07) is 51.0. The van der Waals surface area contributed by atoms with Gasteiger partial charge in [-0.15, -0.1) is 0 Å². The molecule has 2 aliphatic rings. The topological polar surface area (TPSA) is 65.1 Å². The molecule has 2 heterocycles. The Kier molecular flexibility index (Phi) is 17.5. The van der Waals surface area contributed by atoms with Crippen LogP contribution in [0.5, 0.6) is 11.5 Å². The minimum atomic E-state index is -2.06. The van der Waals surface area contributed by atoms with E-state index in [1.165, 1.54) is 117 Å². The lowest BCUT2D eigenvalue weighted by Crippen LogP contribution is -2.52. The third-order valence-corrected chi connectivity index (χ3v) is 18.9. The average Bonchev–Trinajstić information content (AvgIpc) is 3.84. The first kappa shape index (κ1) is 49.4. The predicted octanol–water partition coefficient (Wildman–Crippen LogP) is 14.3. The maximum absolute atomic E-state index is 11.7. The first-order valence-corrected chi connectivity index (χ1v) is 28.5. The molecule has 358 valence electrons. The Morgan fingerprint density at radius 3 is 1.25 bits per heavy atom. The number of unbranched alkanes of at least 4 members (excludes halogenated alkanes) is 11. The smallest absolute Gasteiger partial charge is 0.253 e. The van der Waals surface area contributed by atoms with Gasteiger partial charge in [-0.05, 0) is 122 Å². The van der Waals surface area contributed by atoms with E-state index in [9.17, 15) is 9.59 Å². The summed E-state index contributed by atoms with van der Waals surface area (Å²) >= 11 is 0. The predicted molar refractivity (Wildman–Crippen MR) is 288 cm³/mol. The number of hydrogen-bond donors (Lipinski definition) is 0. The Morgan fingerprint density at radius 2 is 0.783 bits per heavy atom. The maximum atomic E-state index is 11.7. The highest BCUT2D eigenvalue weighted by molar-refractivity contribution is 7.04. The minimum absolute atomic E-state index is 0.187. The van der Waals surface area contributed by atoms with Crippen LogP contribution in [-0.4, -0.2) is 58.3 Å². The number of benzene rings is 6. The Morgan fingerprint density at radius 1 is 0.420 bits per heavy atom. The second-order valence-corrected chi connectivity index (χ2v) is 23.5. The number of rotatable bonds is 27. The van der Waals surface area contributed by atoms with Crippen molar-refractivity contribution < 1.29 is 23.8 Å². The van der Waals surface area contributed by atoms with E-state index in [1.807, 2.05) is 0 Å². The highest BCUT2D eigenvalue weighted by Gasteiger charge is 2.41. The molecular weight excluding hydrogens is 867 g/mol. The molecule has 6 aromatic rings. The third kappa shape index (κ3) is 12.6. The summed E-state index contributed by atoms with van der Waals surface area (Å²) in [5, 5.41) is 3.17. The van der Waals surface area contributed by atoms with Gasteiger partial charge in [-0.3, -0.25) is 14.5 Å². The van der Waals surface area contributed by atoms with E-state index in [0.717, 1.165) is 69.5 Å². The zero-order valence-corrected chi connectivity index (χ0v) is 42.3. The molecule has 0 spiro atoms. The van der Waals surface area contributed by atoms with E-state index >= 15 is 0 Å². The van der Waals surface area contributed by atoms with Crippen molar-refractivity contribution in [2.45, 2.75) is 109 Å². The highest BCUT2D eigenvalue weighted by atomic mass is 28.3. The van der Waals surface area contributed by atoms with Gasteiger partial charge in [-0.25, -0.2) is 0 Å². The summed E-state index contributed by atoms with van der Waals surface area (Å²) in [6.07, 6.45) is 18.8. The second kappa shape index (κ2) is 24.5. The maximum Gasteiger partial charge on any atom is 0.253 e. The molecular formula is C62H71NO5Si. The zero-order valence-electron chi connectivity index (χ0n) is 41.3. The van der Waals surface area contributed by atoms with Crippen LogP contribution in [0.2, 0.25) is 12.6 Å². The molecule has 0 fully saturated rings. The molecule has 0 aromatic heterocycles. The molecule has 7 heteroatoms. The number of imide groups is 1. The number of fused-ring (bicyclic) bond motifs is 3. The average molecular weight is 938 g/mol. The van der Waals surface area contributed by atoms with Crippen LogP contribution >= 0.6 is 0 Å². The number of ether oxygens (including phenoxy) is 3. The van der Waals surface area contributed by atoms with Gasteiger partial charge in [-0.2, -0.15) is 0 Å². The summed E-state index contributed by atoms with van der Waals surface area (Å²) in [5.41, 5.74) is 12.7. The summed E-state index contributed by atoms with van der Waals surface area (Å²) in [5.74, 6) is 1.43. The first-order chi connectivity index (χ1) is 33.8. The van der Waals surface area contributed by atoms with Gasteiger partial charge in [0, 0.05) is 32.4 Å². The molecule has 1 atom stereocenters. The Hall–Kier alpha value is -6.02. The van der Waals surface area contributed by atoms with Gasteiger partial charge < -0.3 is 14.2 Å². The number of carbonyl (C=O) groups is 2. The molecule has 69 heavy (non-hydrogen) atoms. The lowest BCUT2D eigenvalue weighted by molar-refractivity contribution is -0.136. The van der Waals surface area contributed by atoms with Crippen LogP contribution < -0.4 is 19.8 Å². The summed E-state index contributed by atoms with van der Waals surface area (Å²) in [6.45, 7) is 7.63. The molecule has 8 rings (SSSR count). The fourth-order valence-electron chi connectivity index (χ4n) is 10.2. The number of amides is 2. The first-order valence-electron chi connectivity index (χ1n) is 25.8. The Balaban J connectivity index is 0.889. The molecule has 0 N–H and O–H groups in total. The van der Waals surface area contributed by atoms with Gasteiger partial charge in [0.2, 0.25) is 0 Å². The molecule has 0 radical (unpaired) electrons. The van der Waals surface area contributed by atoms with Crippen molar-refractivity contribution in [3.8, 4) is 67.1 Å². The monoisotopic (exact) mass is 938 g/mol. The summed E-state index contributed by atoms with van der Waals surface area (Å²) < 4.78 is 17.2. The molecule has 1 unspecified atom stereocenters. The van der Waals surface area contributed by atoms with Crippen LogP contribution in [0.15, 0.2) is 146 Å². The molecule has 0 bridgehead atoms. The van der Waals surface area contributed by atoms with Crippen LogP contribution in [-0.2, 0) is 14.3 Å². The van der Waals surface area contributed by atoms with Crippen molar-refractivity contribution in [2.24, 2.45) is 0 Å². The highest BCUT2D eigenvalue weighted by Crippen LogP contribution is 2.37. The summed E-state index contributed by atoms with van der Waals surface area (Å²) in [7, 11) is -0.320. The minimum Gasteiger partial charge on any atom is -0.494 e. The standard InChI is InChI=1S/C62H71NO5Si/c1-4-5-6-7-12-17-44-69(3)59-45-53(51-22-18-47(19-23-51)49-26-32-55(33-27-49)67-42-14-11-9-8-10-13-40-63-61(64)38-39-62(63)65)30-36-57(59)58-37-31-54(46-60(58)69)52-24-20-48(21-25-52)50-28-34-56(35-29-50)68-43-16-15-41-66-2/h18-39,45-46H,4-17,40-44H2,1-3H3. The largest absolute Gasteiger partial charge is 0.494 e. The Labute approximate surface area is 412 Å².